The van der Waals surface area contributed by atoms with Crippen molar-refractivity contribution in [3.63, 3.8) is 0 Å². The SMILES string of the molecule is Cc1ccccc1-n1c(=O)nc(NCCCS(N)(=O)=O)c2ccc(C(F)(F)F)cc21. The fraction of sp³-hybridized carbons (Fsp3) is 0.263. The normalized spacial score (nSPS) is 12.3. The number of aromatic nitrogens is 2. The van der Waals surface area contributed by atoms with Crippen LogP contribution in [0.15, 0.2) is 47.3 Å². The van der Waals surface area contributed by atoms with E-state index in [0.717, 1.165) is 16.7 Å². The van der Waals surface area contributed by atoms with E-state index in [1.165, 1.54) is 6.07 Å². The average molecular weight is 440 g/mol. The molecule has 0 bridgehead atoms. The zero-order chi connectivity index (χ0) is 22.1. The molecule has 1 heterocycles. The number of nitrogens with one attached hydrogen (secondary N) is 1. The Labute approximate surface area is 170 Å². The van der Waals surface area contributed by atoms with Crippen LogP contribution < -0.4 is 16.1 Å². The first-order valence-electron chi connectivity index (χ1n) is 8.92. The van der Waals surface area contributed by atoms with Crippen LogP contribution in [0.3, 0.4) is 0 Å². The Hall–Kier alpha value is -2.92. The number of fused-ring (bicyclic) bond motifs is 1. The molecular weight excluding hydrogens is 421 g/mol. The molecule has 0 radical (unpaired) electrons. The van der Waals surface area contributed by atoms with Gasteiger partial charge in [-0.15, -0.1) is 0 Å². The van der Waals surface area contributed by atoms with Gasteiger partial charge in [0.2, 0.25) is 10.0 Å². The van der Waals surface area contributed by atoms with E-state index in [0.29, 0.717) is 16.6 Å². The zero-order valence-electron chi connectivity index (χ0n) is 15.9. The summed E-state index contributed by atoms with van der Waals surface area (Å²) in [6.45, 7) is 1.86. The van der Waals surface area contributed by atoms with Crippen molar-refractivity contribution in [1.82, 2.24) is 9.55 Å². The molecule has 3 aromatic rings. The van der Waals surface area contributed by atoms with Crippen LogP contribution in [0, 0.1) is 6.92 Å². The fourth-order valence-electron chi connectivity index (χ4n) is 3.06. The van der Waals surface area contributed by atoms with Crippen molar-refractivity contribution < 1.29 is 21.6 Å². The van der Waals surface area contributed by atoms with E-state index >= 15 is 0 Å². The van der Waals surface area contributed by atoms with Gasteiger partial charge in [0.15, 0.2) is 0 Å². The third-order valence-electron chi connectivity index (χ3n) is 4.47. The van der Waals surface area contributed by atoms with E-state index in [9.17, 15) is 26.4 Å². The molecule has 30 heavy (non-hydrogen) atoms. The monoisotopic (exact) mass is 440 g/mol. The van der Waals surface area contributed by atoms with Gasteiger partial charge in [-0.3, -0.25) is 4.57 Å². The molecule has 2 aromatic carbocycles. The van der Waals surface area contributed by atoms with E-state index < -0.39 is 27.5 Å². The average Bonchev–Trinajstić information content (AvgIpc) is 2.64. The Kier molecular flexibility index (Phi) is 5.86. The summed E-state index contributed by atoms with van der Waals surface area (Å²) in [7, 11) is -3.65. The summed E-state index contributed by atoms with van der Waals surface area (Å²) in [5.41, 5.74) is -0.518. The number of nitrogens with two attached hydrogens (primary N) is 1. The van der Waals surface area contributed by atoms with E-state index in [2.05, 4.69) is 10.3 Å². The van der Waals surface area contributed by atoms with E-state index in [-0.39, 0.29) is 30.1 Å². The smallest absolute Gasteiger partial charge is 0.369 e. The quantitative estimate of drug-likeness (QED) is 0.573. The minimum atomic E-state index is -4.59. The van der Waals surface area contributed by atoms with Gasteiger partial charge in [-0.25, -0.2) is 18.4 Å². The lowest BCUT2D eigenvalue weighted by molar-refractivity contribution is -0.137. The third-order valence-corrected chi connectivity index (χ3v) is 5.33. The van der Waals surface area contributed by atoms with E-state index in [4.69, 9.17) is 5.14 Å². The van der Waals surface area contributed by atoms with Crippen LogP contribution in [0.4, 0.5) is 19.0 Å². The molecule has 0 saturated carbocycles. The molecule has 0 aliphatic rings. The highest BCUT2D eigenvalue weighted by molar-refractivity contribution is 7.89. The van der Waals surface area contributed by atoms with Crippen molar-refractivity contribution in [2.45, 2.75) is 19.5 Å². The summed E-state index contributed by atoms with van der Waals surface area (Å²) in [5, 5.41) is 8.07. The summed E-state index contributed by atoms with van der Waals surface area (Å²) >= 11 is 0. The van der Waals surface area contributed by atoms with Gasteiger partial charge < -0.3 is 5.32 Å². The number of hydrogen-bond donors (Lipinski definition) is 2. The molecule has 0 unspecified atom stereocenters. The van der Waals surface area contributed by atoms with Crippen LogP contribution in [0.5, 0.6) is 0 Å². The first-order chi connectivity index (χ1) is 14.0. The number of anilines is 1. The number of benzene rings is 2. The number of alkyl halides is 3. The molecule has 160 valence electrons. The standard InChI is InChI=1S/C19H19F3N4O3S/c1-12-5-2-3-6-15(12)26-16-11-13(19(20,21)22)7-8-14(16)17(25-18(26)27)24-9-4-10-30(23,28)29/h2-3,5-8,11H,4,9-10H2,1H3,(H2,23,28,29)(H,24,25,27). The Morgan fingerprint density at radius 2 is 1.87 bits per heavy atom. The highest BCUT2D eigenvalue weighted by Crippen LogP contribution is 2.33. The number of halogens is 3. The third kappa shape index (κ3) is 4.79. The van der Waals surface area contributed by atoms with Crippen LogP contribution >= 0.6 is 0 Å². The first-order valence-corrected chi connectivity index (χ1v) is 10.6. The number of sulfonamides is 1. The lowest BCUT2D eigenvalue weighted by atomic mass is 10.1. The van der Waals surface area contributed by atoms with Gasteiger partial charge in [0.1, 0.15) is 5.82 Å². The second-order valence-electron chi connectivity index (χ2n) is 6.74. The summed E-state index contributed by atoms with van der Waals surface area (Å²) in [6, 6.07) is 9.83. The molecule has 0 atom stereocenters. The van der Waals surface area contributed by atoms with Crippen LogP contribution in [0.25, 0.3) is 16.6 Å². The van der Waals surface area contributed by atoms with Crippen LogP contribution in [-0.2, 0) is 16.2 Å². The van der Waals surface area contributed by atoms with Gasteiger partial charge in [-0.2, -0.15) is 18.2 Å². The zero-order valence-corrected chi connectivity index (χ0v) is 16.7. The minimum Gasteiger partial charge on any atom is -0.369 e. The summed E-state index contributed by atoms with van der Waals surface area (Å²) in [6.07, 6.45) is -4.45. The first kappa shape index (κ1) is 21.8. The van der Waals surface area contributed by atoms with Gasteiger partial charge in [0.25, 0.3) is 0 Å². The van der Waals surface area contributed by atoms with Gasteiger partial charge in [-0.05, 0) is 43.2 Å². The number of nitrogens with zero attached hydrogens (tertiary/aromatic N) is 2. The van der Waals surface area contributed by atoms with Crippen molar-refractivity contribution >= 4 is 26.7 Å². The molecule has 7 nitrogen and oxygen atoms in total. The maximum absolute atomic E-state index is 13.3. The molecule has 3 rings (SSSR count). The topological polar surface area (TPSA) is 107 Å². The molecule has 11 heteroatoms. The second kappa shape index (κ2) is 8.07. The molecule has 0 saturated heterocycles. The van der Waals surface area contributed by atoms with Crippen molar-refractivity contribution in [2.24, 2.45) is 5.14 Å². The van der Waals surface area contributed by atoms with Crippen LogP contribution in [-0.4, -0.2) is 30.3 Å². The predicted molar refractivity (Wildman–Crippen MR) is 108 cm³/mol. The van der Waals surface area contributed by atoms with Gasteiger partial charge >= 0.3 is 11.9 Å². The Morgan fingerprint density at radius 1 is 1.17 bits per heavy atom. The number of para-hydroxylation sites is 1. The number of hydrogen-bond acceptors (Lipinski definition) is 5. The molecule has 0 aliphatic heterocycles. The lowest BCUT2D eigenvalue weighted by Crippen LogP contribution is -2.25. The van der Waals surface area contributed by atoms with Crippen molar-refractivity contribution in [3.05, 3.63) is 64.1 Å². The Balaban J connectivity index is 2.16. The molecule has 0 fully saturated rings. The Morgan fingerprint density at radius 3 is 2.50 bits per heavy atom. The van der Waals surface area contributed by atoms with Gasteiger partial charge in [-0.1, -0.05) is 18.2 Å². The number of primary sulfonamides is 1. The van der Waals surface area contributed by atoms with Gasteiger partial charge in [0, 0.05) is 11.9 Å². The maximum atomic E-state index is 13.3. The van der Waals surface area contributed by atoms with Crippen molar-refractivity contribution in [2.75, 3.05) is 17.6 Å². The van der Waals surface area contributed by atoms with Crippen molar-refractivity contribution in [1.29, 1.82) is 0 Å². The summed E-state index contributed by atoms with van der Waals surface area (Å²) in [5.74, 6) is -0.209. The minimum absolute atomic E-state index is 0.0353. The predicted octanol–water partition coefficient (Wildman–Crippen LogP) is 2.80. The number of rotatable bonds is 6. The highest BCUT2D eigenvalue weighted by atomic mass is 32.2. The van der Waals surface area contributed by atoms with E-state index in [1.807, 2.05) is 0 Å². The molecule has 0 amide bonds. The fourth-order valence-corrected chi connectivity index (χ4v) is 3.61. The van der Waals surface area contributed by atoms with Crippen molar-refractivity contribution in [3.8, 4) is 5.69 Å². The number of aryl methyl sites for hydroxylation is 1. The molecule has 1 aromatic heterocycles. The largest absolute Gasteiger partial charge is 0.416 e. The molecule has 0 aliphatic carbocycles. The maximum Gasteiger partial charge on any atom is 0.416 e. The molecule has 0 spiro atoms. The summed E-state index contributed by atoms with van der Waals surface area (Å²) in [4.78, 5) is 16.8. The van der Waals surface area contributed by atoms with Crippen LogP contribution in [0.2, 0.25) is 0 Å². The lowest BCUT2D eigenvalue weighted by Gasteiger charge is -2.17. The Bertz CT molecular complexity index is 1250. The molecular formula is C19H19F3N4O3S. The van der Waals surface area contributed by atoms with E-state index in [1.54, 1.807) is 31.2 Å². The van der Waals surface area contributed by atoms with Gasteiger partial charge in [0.05, 0.1) is 22.5 Å². The second-order valence-corrected chi connectivity index (χ2v) is 8.48. The summed E-state index contributed by atoms with van der Waals surface area (Å²) < 4.78 is 63.1. The molecule has 3 N–H and O–H groups in total. The highest BCUT2D eigenvalue weighted by Gasteiger charge is 2.31. The van der Waals surface area contributed by atoms with Crippen LogP contribution in [0.1, 0.15) is 17.5 Å².